The number of pyridine rings is 2. The fourth-order valence-electron chi connectivity index (χ4n) is 6.49. The molecule has 0 spiro atoms. The number of nitrogens with one attached hydrogen (secondary N) is 1. The summed E-state index contributed by atoms with van der Waals surface area (Å²) in [6, 6.07) is 39.4. The summed E-state index contributed by atoms with van der Waals surface area (Å²) in [5.41, 5.74) is 32.8. The van der Waals surface area contributed by atoms with Crippen molar-refractivity contribution in [2.75, 3.05) is 22.9 Å². The zero-order valence-electron chi connectivity index (χ0n) is 30.6. The number of aromatic nitrogens is 5. The molecule has 0 aliphatic heterocycles. The highest BCUT2D eigenvalue weighted by molar-refractivity contribution is 5.96. The number of hydrogen-bond donors (Lipinski definition) is 5. The minimum Gasteiger partial charge on any atom is -0.396 e. The van der Waals surface area contributed by atoms with Gasteiger partial charge < -0.3 is 22.9 Å². The fraction of sp³-hybridized carbons (Fsp3) is 0.182. The van der Waals surface area contributed by atoms with Crippen LogP contribution >= 0.6 is 0 Å². The monoisotopic (exact) mass is 731 g/mol. The zero-order valence-corrected chi connectivity index (χ0v) is 30.6. The molecule has 0 amide bonds. The van der Waals surface area contributed by atoms with Crippen LogP contribution in [0.25, 0.3) is 11.2 Å². The molecule has 3 aromatic heterocycles. The molecule has 11 heteroatoms. The molecule has 4 aromatic carbocycles. The van der Waals surface area contributed by atoms with Crippen LogP contribution in [-0.4, -0.2) is 36.9 Å². The first-order chi connectivity index (χ1) is 26.7. The van der Waals surface area contributed by atoms with Crippen LogP contribution in [0.2, 0.25) is 0 Å². The average molecular weight is 732 g/mol. The van der Waals surface area contributed by atoms with E-state index < -0.39 is 0 Å². The lowest BCUT2D eigenvalue weighted by atomic mass is 9.98. The molecule has 0 aliphatic carbocycles. The van der Waals surface area contributed by atoms with E-state index in [4.69, 9.17) is 22.9 Å². The molecule has 0 atom stereocenters. The Bertz CT molecular complexity index is 2380. The number of nitrogens with zero attached hydrogens (tertiary/aromatic N) is 4. The molecule has 0 unspecified atom stereocenters. The SMILES string of the molecule is Nc1cc(Cc2cccc(C(=O)CCCc3ccccc3)c2)c(N)c(N)n1.Nc1cc(Cc2cccc(C(=O)CCCc3ccccc3)c2)c2n[nH]nc2n1. The molecule has 11 nitrogen and oxygen atoms in total. The van der Waals surface area contributed by atoms with Gasteiger partial charge in [0.25, 0.3) is 0 Å². The third-order valence-corrected chi connectivity index (χ3v) is 9.30. The molecule has 7 aromatic rings. The predicted molar refractivity (Wildman–Crippen MR) is 219 cm³/mol. The maximum atomic E-state index is 12.6. The van der Waals surface area contributed by atoms with Crippen LogP contribution < -0.4 is 22.9 Å². The van der Waals surface area contributed by atoms with E-state index in [0.29, 0.717) is 59.7 Å². The molecular weight excluding hydrogens is 687 g/mol. The summed E-state index contributed by atoms with van der Waals surface area (Å²) in [4.78, 5) is 33.3. The molecule has 0 fully saturated rings. The van der Waals surface area contributed by atoms with Crippen LogP contribution in [0.15, 0.2) is 121 Å². The first kappa shape index (κ1) is 37.9. The molecule has 278 valence electrons. The third kappa shape index (κ3) is 10.6. The van der Waals surface area contributed by atoms with E-state index in [0.717, 1.165) is 53.5 Å². The Morgan fingerprint density at radius 3 is 1.58 bits per heavy atom. The fourth-order valence-corrected chi connectivity index (χ4v) is 6.49. The number of benzene rings is 4. The van der Waals surface area contributed by atoms with E-state index in [1.165, 1.54) is 11.1 Å². The lowest BCUT2D eigenvalue weighted by Crippen LogP contribution is -2.06. The van der Waals surface area contributed by atoms with Crippen LogP contribution in [0.5, 0.6) is 0 Å². The van der Waals surface area contributed by atoms with Gasteiger partial charge in [-0.25, -0.2) is 9.97 Å². The number of carbonyl (C=O) groups excluding carboxylic acids is 2. The van der Waals surface area contributed by atoms with Crippen molar-refractivity contribution in [2.24, 2.45) is 0 Å². The smallest absolute Gasteiger partial charge is 0.203 e. The Hall–Kier alpha value is -6.88. The van der Waals surface area contributed by atoms with Crippen molar-refractivity contribution in [1.82, 2.24) is 25.4 Å². The first-order valence-corrected chi connectivity index (χ1v) is 18.3. The van der Waals surface area contributed by atoms with Gasteiger partial charge in [0.2, 0.25) is 5.65 Å². The summed E-state index contributed by atoms with van der Waals surface area (Å²) < 4.78 is 0. The van der Waals surface area contributed by atoms with Crippen LogP contribution in [0.3, 0.4) is 0 Å². The van der Waals surface area contributed by atoms with Gasteiger partial charge in [0, 0.05) is 24.0 Å². The average Bonchev–Trinajstić information content (AvgIpc) is 3.67. The van der Waals surface area contributed by atoms with Gasteiger partial charge in [0.05, 0.1) is 5.69 Å². The van der Waals surface area contributed by atoms with Crippen molar-refractivity contribution in [3.63, 3.8) is 0 Å². The van der Waals surface area contributed by atoms with Gasteiger partial charge in [-0.3, -0.25) is 9.59 Å². The number of carbonyl (C=O) groups is 2. The maximum Gasteiger partial charge on any atom is 0.203 e. The van der Waals surface area contributed by atoms with E-state index in [1.54, 1.807) is 12.1 Å². The molecule has 9 N–H and O–H groups in total. The van der Waals surface area contributed by atoms with Crippen molar-refractivity contribution in [1.29, 1.82) is 0 Å². The number of aryl methyl sites for hydroxylation is 2. The van der Waals surface area contributed by atoms with Crippen molar-refractivity contribution in [3.8, 4) is 0 Å². The number of rotatable bonds is 14. The highest BCUT2D eigenvalue weighted by Gasteiger charge is 2.13. The molecule has 3 heterocycles. The molecule has 0 aliphatic rings. The molecule has 0 saturated heterocycles. The number of H-pyrrole nitrogens is 1. The van der Waals surface area contributed by atoms with Gasteiger partial charge in [-0.2, -0.15) is 10.3 Å². The van der Waals surface area contributed by atoms with Gasteiger partial charge in [0.15, 0.2) is 11.6 Å². The number of ketones is 2. The second-order valence-corrected chi connectivity index (χ2v) is 13.5. The summed E-state index contributed by atoms with van der Waals surface area (Å²) in [5, 5.41) is 10.8. The van der Waals surface area contributed by atoms with Crippen LogP contribution in [-0.2, 0) is 25.7 Å². The standard InChI is InChI=1S/C22H21N5O.C22H24N4O/c23-20-14-18(21-22(24-20)26-27-25-21)13-16-9-4-10-17(12-16)19(28)11-5-8-15-6-2-1-3-7-15;23-20-14-18(21(24)22(25)26-20)13-16-9-4-10-17(12-16)19(27)11-5-8-15-6-2-1-3-7-15/h1-4,6-7,9-10,12,14H,5,8,11,13H2,(H3,23,24,25,26,27);1-4,6-7,9-10,12,14H,5,8,11,13,24H2,(H4,23,25,26). The van der Waals surface area contributed by atoms with Gasteiger partial charge in [-0.05, 0) is 96.2 Å². The minimum atomic E-state index is 0.148. The molecule has 0 bridgehead atoms. The Morgan fingerprint density at radius 1 is 0.527 bits per heavy atom. The van der Waals surface area contributed by atoms with Crippen molar-refractivity contribution in [2.45, 2.75) is 51.4 Å². The Balaban J connectivity index is 0.000000187. The van der Waals surface area contributed by atoms with Gasteiger partial charge in [-0.15, -0.1) is 5.10 Å². The molecule has 0 saturated carbocycles. The predicted octanol–water partition coefficient (Wildman–Crippen LogP) is 7.36. The van der Waals surface area contributed by atoms with Crippen molar-refractivity contribution < 1.29 is 9.59 Å². The highest BCUT2D eigenvalue weighted by Crippen LogP contribution is 2.24. The first-order valence-electron chi connectivity index (χ1n) is 18.3. The van der Waals surface area contributed by atoms with E-state index in [-0.39, 0.29) is 17.4 Å². The van der Waals surface area contributed by atoms with E-state index >= 15 is 0 Å². The maximum absolute atomic E-state index is 12.6. The number of hydrogen-bond acceptors (Lipinski definition) is 10. The zero-order chi connectivity index (χ0) is 38.6. The summed E-state index contributed by atoms with van der Waals surface area (Å²) in [7, 11) is 0. The number of Topliss-reactive ketones (excluding diaryl/α,β-unsaturated/α-hetero) is 2. The second kappa shape index (κ2) is 18.2. The molecule has 7 rings (SSSR count). The van der Waals surface area contributed by atoms with E-state index in [2.05, 4.69) is 49.6 Å². The molecule has 55 heavy (non-hydrogen) atoms. The topological polar surface area (TPSA) is 206 Å². The summed E-state index contributed by atoms with van der Waals surface area (Å²) in [6.07, 6.45) is 5.70. The van der Waals surface area contributed by atoms with Crippen molar-refractivity contribution >= 4 is 45.9 Å². The van der Waals surface area contributed by atoms with Gasteiger partial charge in [0.1, 0.15) is 23.0 Å². The Labute approximate surface area is 320 Å². The van der Waals surface area contributed by atoms with E-state index in [1.807, 2.05) is 84.9 Å². The summed E-state index contributed by atoms with van der Waals surface area (Å²) >= 11 is 0. The van der Waals surface area contributed by atoms with Crippen LogP contribution in [0.1, 0.15) is 79.8 Å². The molecule has 0 radical (unpaired) electrons. The number of nitrogens with two attached hydrogens (primary N) is 4. The quantitative estimate of drug-likeness (QED) is 0.0703. The lowest BCUT2D eigenvalue weighted by Gasteiger charge is -2.10. The minimum absolute atomic E-state index is 0.148. The number of anilines is 4. The number of aromatic amines is 1. The normalized spacial score (nSPS) is 10.8. The largest absolute Gasteiger partial charge is 0.396 e. The van der Waals surface area contributed by atoms with Crippen LogP contribution in [0.4, 0.5) is 23.1 Å². The van der Waals surface area contributed by atoms with Gasteiger partial charge >= 0.3 is 0 Å². The van der Waals surface area contributed by atoms with Crippen molar-refractivity contribution in [3.05, 3.63) is 166 Å². The second-order valence-electron chi connectivity index (χ2n) is 13.5. The number of fused-ring (bicyclic) bond motifs is 1. The highest BCUT2D eigenvalue weighted by atomic mass is 16.1. The van der Waals surface area contributed by atoms with Gasteiger partial charge in [-0.1, -0.05) is 97.1 Å². The number of nitrogen functional groups attached to an aromatic ring is 4. The van der Waals surface area contributed by atoms with E-state index in [9.17, 15) is 9.59 Å². The van der Waals surface area contributed by atoms with Crippen LogP contribution in [0, 0.1) is 0 Å². The third-order valence-electron chi connectivity index (χ3n) is 9.30. The Kier molecular flexibility index (Phi) is 12.6. The Morgan fingerprint density at radius 2 is 1.02 bits per heavy atom. The lowest BCUT2D eigenvalue weighted by molar-refractivity contribution is 0.0972. The summed E-state index contributed by atoms with van der Waals surface area (Å²) in [6.45, 7) is 0. The molecular formula is C44H45N9O2. The summed E-state index contributed by atoms with van der Waals surface area (Å²) in [5.74, 6) is 1.29.